The summed E-state index contributed by atoms with van der Waals surface area (Å²) in [4.78, 5) is 29.6. The molecule has 0 bridgehead atoms. The van der Waals surface area contributed by atoms with Crippen molar-refractivity contribution < 1.29 is 0 Å². The fourth-order valence-electron chi connectivity index (χ4n) is 6.30. The first-order valence-corrected chi connectivity index (χ1v) is 17.1. The molecule has 6 nitrogen and oxygen atoms in total. The SMILES string of the molecule is c1ccc(-c2nc(-c3cccc(-c4cccc(-c5nc(-c6ccccc6)nc(-c6ccccc6)n5)c4)c3)cc(-c3cnc4ccccc4c3)n2)cc1. The van der Waals surface area contributed by atoms with Gasteiger partial charge in [-0.2, -0.15) is 0 Å². The van der Waals surface area contributed by atoms with Crippen molar-refractivity contribution in [2.45, 2.75) is 0 Å². The first-order chi connectivity index (χ1) is 25.7. The molecule has 0 fully saturated rings. The van der Waals surface area contributed by atoms with E-state index in [1.807, 2.05) is 121 Å². The molecule has 0 aliphatic rings. The molecule has 0 aliphatic heterocycles. The van der Waals surface area contributed by atoms with Crippen molar-refractivity contribution in [3.8, 4) is 79.2 Å². The molecule has 6 heteroatoms. The van der Waals surface area contributed by atoms with Gasteiger partial charge in [0.25, 0.3) is 0 Å². The Morgan fingerprint density at radius 3 is 1.29 bits per heavy atom. The Bertz CT molecular complexity index is 2620. The van der Waals surface area contributed by atoms with E-state index in [0.29, 0.717) is 23.3 Å². The summed E-state index contributed by atoms with van der Waals surface area (Å²) in [5, 5.41) is 1.06. The molecule has 0 saturated carbocycles. The molecule has 6 aromatic carbocycles. The van der Waals surface area contributed by atoms with Crippen molar-refractivity contribution in [1.29, 1.82) is 0 Å². The number of pyridine rings is 1. The summed E-state index contributed by atoms with van der Waals surface area (Å²) in [6.45, 7) is 0. The number of rotatable bonds is 7. The molecule has 0 N–H and O–H groups in total. The molecule has 0 atom stereocenters. The summed E-state index contributed by atoms with van der Waals surface area (Å²) >= 11 is 0. The summed E-state index contributed by atoms with van der Waals surface area (Å²) in [5.74, 6) is 2.54. The van der Waals surface area contributed by atoms with Crippen LogP contribution in [-0.2, 0) is 0 Å². The van der Waals surface area contributed by atoms with E-state index in [1.54, 1.807) is 0 Å². The standard InChI is InChI=1S/C46H30N6/c1-4-14-31(15-5-1)43-48-41(29-42(49-43)39-28-36-20-10-11-25-40(36)47-30-39)37-23-12-21-34(26-37)35-22-13-24-38(27-35)46-51-44(32-16-6-2-7-17-32)50-45(52-46)33-18-8-3-9-19-33/h1-30H. The predicted octanol–water partition coefficient (Wildman–Crippen LogP) is 10.9. The second-order valence-electron chi connectivity index (χ2n) is 12.4. The van der Waals surface area contributed by atoms with Crippen molar-refractivity contribution in [2.75, 3.05) is 0 Å². The molecule has 9 aromatic rings. The summed E-state index contributed by atoms with van der Waals surface area (Å²) in [7, 11) is 0. The first-order valence-electron chi connectivity index (χ1n) is 17.1. The molecule has 3 aromatic heterocycles. The van der Waals surface area contributed by atoms with Gasteiger partial charge in [-0.15, -0.1) is 0 Å². The van der Waals surface area contributed by atoms with Crippen molar-refractivity contribution in [2.24, 2.45) is 0 Å². The summed E-state index contributed by atoms with van der Waals surface area (Å²) in [5.41, 5.74) is 10.3. The lowest BCUT2D eigenvalue weighted by Crippen LogP contribution is -2.00. The van der Waals surface area contributed by atoms with Crippen LogP contribution in [0.5, 0.6) is 0 Å². The lowest BCUT2D eigenvalue weighted by atomic mass is 9.99. The Balaban J connectivity index is 1.13. The number of aromatic nitrogens is 6. The van der Waals surface area contributed by atoms with Crippen LogP contribution in [0.4, 0.5) is 0 Å². The molecule has 0 unspecified atom stereocenters. The van der Waals surface area contributed by atoms with Gasteiger partial charge in [0, 0.05) is 45.0 Å². The maximum Gasteiger partial charge on any atom is 0.164 e. The zero-order valence-electron chi connectivity index (χ0n) is 28.0. The molecule has 0 radical (unpaired) electrons. The third-order valence-corrected chi connectivity index (χ3v) is 8.96. The van der Waals surface area contributed by atoms with Gasteiger partial charge >= 0.3 is 0 Å². The topological polar surface area (TPSA) is 77.3 Å². The van der Waals surface area contributed by atoms with E-state index in [4.69, 9.17) is 29.9 Å². The van der Waals surface area contributed by atoms with Crippen LogP contribution >= 0.6 is 0 Å². The van der Waals surface area contributed by atoms with Gasteiger partial charge in [-0.1, -0.05) is 146 Å². The number of nitrogens with zero attached hydrogens (tertiary/aromatic N) is 6. The number of benzene rings is 6. The molecular weight excluding hydrogens is 637 g/mol. The molecular formula is C46H30N6. The quantitative estimate of drug-likeness (QED) is 0.168. The third kappa shape index (κ3) is 6.32. The Morgan fingerprint density at radius 2 is 0.692 bits per heavy atom. The fraction of sp³-hybridized carbons (Fsp3) is 0. The van der Waals surface area contributed by atoms with E-state index >= 15 is 0 Å². The Morgan fingerprint density at radius 1 is 0.269 bits per heavy atom. The van der Waals surface area contributed by atoms with Crippen molar-refractivity contribution >= 4 is 10.9 Å². The van der Waals surface area contributed by atoms with Crippen LogP contribution in [0, 0.1) is 0 Å². The van der Waals surface area contributed by atoms with Gasteiger partial charge in [0.05, 0.1) is 16.9 Å². The van der Waals surface area contributed by atoms with Gasteiger partial charge in [-0.3, -0.25) is 4.98 Å². The minimum absolute atomic E-state index is 0.614. The summed E-state index contributed by atoms with van der Waals surface area (Å²) < 4.78 is 0. The van der Waals surface area contributed by atoms with Crippen LogP contribution in [0.2, 0.25) is 0 Å². The van der Waals surface area contributed by atoms with E-state index in [9.17, 15) is 0 Å². The molecule has 0 saturated heterocycles. The molecule has 52 heavy (non-hydrogen) atoms. The maximum absolute atomic E-state index is 5.08. The van der Waals surface area contributed by atoms with Crippen LogP contribution in [0.15, 0.2) is 182 Å². The van der Waals surface area contributed by atoms with E-state index in [1.165, 1.54) is 0 Å². The number of para-hydroxylation sites is 1. The van der Waals surface area contributed by atoms with Gasteiger partial charge in [-0.25, -0.2) is 24.9 Å². The maximum atomic E-state index is 5.08. The molecule has 0 aliphatic carbocycles. The smallest absolute Gasteiger partial charge is 0.164 e. The second kappa shape index (κ2) is 13.6. The van der Waals surface area contributed by atoms with Crippen LogP contribution in [0.1, 0.15) is 0 Å². The second-order valence-corrected chi connectivity index (χ2v) is 12.4. The summed E-state index contributed by atoms with van der Waals surface area (Å²) in [6.07, 6.45) is 1.89. The average molecular weight is 667 g/mol. The van der Waals surface area contributed by atoms with Crippen LogP contribution in [0.3, 0.4) is 0 Å². The van der Waals surface area contributed by atoms with Gasteiger partial charge in [-0.05, 0) is 41.5 Å². The zero-order valence-corrected chi connectivity index (χ0v) is 28.0. The highest BCUT2D eigenvalue weighted by atomic mass is 15.0. The lowest BCUT2D eigenvalue weighted by Gasteiger charge is -2.12. The van der Waals surface area contributed by atoms with Crippen molar-refractivity contribution in [1.82, 2.24) is 29.9 Å². The van der Waals surface area contributed by atoms with E-state index in [0.717, 1.165) is 66.8 Å². The predicted molar refractivity (Wildman–Crippen MR) is 209 cm³/mol. The first kappa shape index (κ1) is 30.8. The van der Waals surface area contributed by atoms with E-state index in [2.05, 4.69) is 60.7 Å². The molecule has 3 heterocycles. The number of fused-ring (bicyclic) bond motifs is 1. The Kier molecular flexibility index (Phi) is 8.08. The third-order valence-electron chi connectivity index (χ3n) is 8.96. The van der Waals surface area contributed by atoms with Gasteiger partial charge < -0.3 is 0 Å². The van der Waals surface area contributed by atoms with Crippen molar-refractivity contribution in [3.63, 3.8) is 0 Å². The average Bonchev–Trinajstić information content (AvgIpc) is 3.24. The van der Waals surface area contributed by atoms with Gasteiger partial charge in [0.2, 0.25) is 0 Å². The number of hydrogen-bond acceptors (Lipinski definition) is 6. The zero-order chi connectivity index (χ0) is 34.7. The highest BCUT2D eigenvalue weighted by Crippen LogP contribution is 2.33. The molecule has 9 rings (SSSR count). The lowest BCUT2D eigenvalue weighted by molar-refractivity contribution is 1.07. The van der Waals surface area contributed by atoms with Crippen molar-refractivity contribution in [3.05, 3.63) is 182 Å². The largest absolute Gasteiger partial charge is 0.256 e. The highest BCUT2D eigenvalue weighted by molar-refractivity contribution is 5.84. The van der Waals surface area contributed by atoms with Crippen LogP contribution in [-0.4, -0.2) is 29.9 Å². The molecule has 0 amide bonds. The highest BCUT2D eigenvalue weighted by Gasteiger charge is 2.15. The Labute approximate surface area is 301 Å². The molecule has 0 spiro atoms. The van der Waals surface area contributed by atoms with Crippen LogP contribution in [0.25, 0.3) is 90.1 Å². The monoisotopic (exact) mass is 666 g/mol. The van der Waals surface area contributed by atoms with E-state index < -0.39 is 0 Å². The Hall–Kier alpha value is -7.18. The summed E-state index contributed by atoms with van der Waals surface area (Å²) in [6, 6.07) is 59.3. The molecule has 244 valence electrons. The van der Waals surface area contributed by atoms with E-state index in [-0.39, 0.29) is 0 Å². The van der Waals surface area contributed by atoms with Gasteiger partial charge in [0.1, 0.15) is 0 Å². The minimum atomic E-state index is 0.614. The normalized spacial score (nSPS) is 11.1. The number of hydrogen-bond donors (Lipinski definition) is 0. The minimum Gasteiger partial charge on any atom is -0.256 e. The van der Waals surface area contributed by atoms with Gasteiger partial charge in [0.15, 0.2) is 23.3 Å². The fourth-order valence-corrected chi connectivity index (χ4v) is 6.30. The van der Waals surface area contributed by atoms with Crippen LogP contribution < -0.4 is 0 Å².